The number of aliphatic hydroxyl groups excluding tert-OH is 1. The van der Waals surface area contributed by atoms with Crippen LogP contribution in [0.1, 0.15) is 43.5 Å². The van der Waals surface area contributed by atoms with Gasteiger partial charge in [0.25, 0.3) is 11.7 Å². The van der Waals surface area contributed by atoms with Crippen molar-refractivity contribution < 1.29 is 24.5 Å². The summed E-state index contributed by atoms with van der Waals surface area (Å²) >= 11 is 0. The van der Waals surface area contributed by atoms with Gasteiger partial charge in [0.1, 0.15) is 22.9 Å². The second kappa shape index (κ2) is 9.17. The molecule has 1 amide bonds. The number of likely N-dealkylation sites (tertiary alicyclic amines) is 1. The van der Waals surface area contributed by atoms with Gasteiger partial charge in [-0.15, -0.1) is 0 Å². The number of ketones is 1. The molecular formula is C30H28N2O5. The number of H-pyrrole nitrogens is 1. The number of nitrogens with one attached hydrogen (secondary N) is 1. The number of Topliss-reactive ketones (excluding diaryl/α,β-unsaturated/α-hetero) is 1. The second-order valence-corrected chi connectivity index (χ2v) is 10.1. The standard InChI is InChI=1S/C30H28N2O5/c1-30(2,3)37-21-14-8-18(9-15-21)17-32-26(19-10-12-20(33)13-11-19)25(28(35)29(32)36)27(34)23-16-31-24-7-5-4-6-22(23)24/h4-16,26,31,33-34H,17H2,1-3H3/b27-25-. The minimum absolute atomic E-state index is 0.00753. The Morgan fingerprint density at radius 3 is 2.32 bits per heavy atom. The summed E-state index contributed by atoms with van der Waals surface area (Å²) in [4.78, 5) is 31.2. The van der Waals surface area contributed by atoms with E-state index in [1.807, 2.05) is 69.3 Å². The number of hydrogen-bond acceptors (Lipinski definition) is 5. The van der Waals surface area contributed by atoms with Crippen LogP contribution < -0.4 is 4.74 Å². The largest absolute Gasteiger partial charge is 0.508 e. The number of nitrogens with zero attached hydrogens (tertiary/aromatic N) is 1. The minimum atomic E-state index is -0.834. The van der Waals surface area contributed by atoms with Crippen LogP contribution in [0.3, 0.4) is 0 Å². The van der Waals surface area contributed by atoms with Crippen molar-refractivity contribution in [2.75, 3.05) is 0 Å². The number of aromatic amines is 1. The molecule has 1 aliphatic heterocycles. The molecular weight excluding hydrogens is 468 g/mol. The number of carbonyl (C=O) groups is 2. The van der Waals surface area contributed by atoms with Crippen molar-refractivity contribution in [2.24, 2.45) is 0 Å². The number of fused-ring (bicyclic) bond motifs is 1. The molecule has 1 aromatic heterocycles. The van der Waals surface area contributed by atoms with Crippen molar-refractivity contribution in [2.45, 2.75) is 39.0 Å². The molecule has 1 unspecified atom stereocenters. The first kappa shape index (κ1) is 24.2. The molecule has 37 heavy (non-hydrogen) atoms. The Morgan fingerprint density at radius 1 is 0.973 bits per heavy atom. The average Bonchev–Trinajstić information content (AvgIpc) is 3.39. The Kier molecular flexibility index (Phi) is 5.99. The maximum Gasteiger partial charge on any atom is 0.295 e. The van der Waals surface area contributed by atoms with Crippen molar-refractivity contribution >= 4 is 28.4 Å². The SMILES string of the molecule is CC(C)(C)Oc1ccc(CN2C(=O)C(=O)/C(=C(\O)c3c[nH]c4ccccc34)C2c2ccc(O)cc2)cc1. The lowest BCUT2D eigenvalue weighted by molar-refractivity contribution is -0.140. The zero-order valence-electron chi connectivity index (χ0n) is 20.9. The number of hydrogen-bond donors (Lipinski definition) is 3. The topological polar surface area (TPSA) is 103 Å². The van der Waals surface area contributed by atoms with E-state index in [-0.39, 0.29) is 29.2 Å². The number of amides is 1. The van der Waals surface area contributed by atoms with Gasteiger partial charge in [-0.05, 0) is 62.2 Å². The Hall–Kier alpha value is -4.52. The van der Waals surface area contributed by atoms with Gasteiger partial charge in [-0.3, -0.25) is 9.59 Å². The molecule has 5 rings (SSSR count). The molecule has 0 saturated carbocycles. The van der Waals surface area contributed by atoms with E-state index in [1.54, 1.807) is 18.3 Å². The predicted molar refractivity (Wildman–Crippen MR) is 141 cm³/mol. The number of phenolic OH excluding ortho intramolecular Hbond substituents is 1. The Morgan fingerprint density at radius 2 is 1.65 bits per heavy atom. The summed E-state index contributed by atoms with van der Waals surface area (Å²) in [5, 5.41) is 22.0. The molecule has 188 valence electrons. The number of rotatable bonds is 5. The van der Waals surface area contributed by atoms with Gasteiger partial charge in [-0.1, -0.05) is 42.5 Å². The Balaban J connectivity index is 1.58. The first-order chi connectivity index (χ1) is 17.6. The third-order valence-corrected chi connectivity index (χ3v) is 6.29. The number of benzene rings is 3. The van der Waals surface area contributed by atoms with Crippen molar-refractivity contribution in [1.82, 2.24) is 9.88 Å². The zero-order valence-corrected chi connectivity index (χ0v) is 20.9. The molecule has 7 nitrogen and oxygen atoms in total. The molecule has 7 heteroatoms. The molecule has 0 bridgehead atoms. The normalized spacial score (nSPS) is 17.5. The molecule has 0 radical (unpaired) electrons. The predicted octanol–water partition coefficient (Wildman–Crippen LogP) is 5.67. The van der Waals surface area contributed by atoms with Gasteiger partial charge in [0, 0.05) is 29.2 Å². The van der Waals surface area contributed by atoms with Crippen LogP contribution in [0.2, 0.25) is 0 Å². The Labute approximate surface area is 214 Å². The molecule has 1 aliphatic rings. The molecule has 3 N–H and O–H groups in total. The van der Waals surface area contributed by atoms with E-state index in [4.69, 9.17) is 4.74 Å². The van der Waals surface area contributed by atoms with Gasteiger partial charge in [-0.2, -0.15) is 0 Å². The number of ether oxygens (including phenoxy) is 1. The van der Waals surface area contributed by atoms with E-state index in [9.17, 15) is 19.8 Å². The lowest BCUT2D eigenvalue weighted by Gasteiger charge is -2.26. The average molecular weight is 497 g/mol. The van der Waals surface area contributed by atoms with Crippen molar-refractivity contribution in [1.29, 1.82) is 0 Å². The van der Waals surface area contributed by atoms with Crippen LogP contribution in [-0.2, 0) is 16.1 Å². The van der Waals surface area contributed by atoms with E-state index < -0.39 is 17.7 Å². The molecule has 0 spiro atoms. The van der Waals surface area contributed by atoms with Crippen molar-refractivity contribution in [3.8, 4) is 11.5 Å². The third kappa shape index (κ3) is 4.68. The van der Waals surface area contributed by atoms with Crippen LogP contribution in [0.15, 0.2) is 84.6 Å². The molecule has 2 heterocycles. The van der Waals surface area contributed by atoms with E-state index in [0.717, 1.165) is 16.5 Å². The van der Waals surface area contributed by atoms with Gasteiger partial charge < -0.3 is 24.8 Å². The van der Waals surface area contributed by atoms with E-state index in [1.165, 1.54) is 17.0 Å². The molecule has 1 atom stereocenters. The maximum atomic E-state index is 13.4. The summed E-state index contributed by atoms with van der Waals surface area (Å²) in [5.74, 6) is -0.937. The smallest absolute Gasteiger partial charge is 0.295 e. The summed E-state index contributed by atoms with van der Waals surface area (Å²) in [7, 11) is 0. The monoisotopic (exact) mass is 496 g/mol. The van der Waals surface area contributed by atoms with Crippen LogP contribution in [0.5, 0.6) is 11.5 Å². The molecule has 4 aromatic rings. The summed E-state index contributed by atoms with van der Waals surface area (Å²) in [6.07, 6.45) is 1.63. The van der Waals surface area contributed by atoms with Gasteiger partial charge in [0.2, 0.25) is 0 Å². The minimum Gasteiger partial charge on any atom is -0.508 e. The summed E-state index contributed by atoms with van der Waals surface area (Å²) < 4.78 is 5.89. The highest BCUT2D eigenvalue weighted by Crippen LogP contribution is 2.41. The fourth-order valence-corrected chi connectivity index (χ4v) is 4.67. The summed E-state index contributed by atoms with van der Waals surface area (Å²) in [6.45, 7) is 6.04. The fourth-order valence-electron chi connectivity index (χ4n) is 4.67. The van der Waals surface area contributed by atoms with Gasteiger partial charge in [0.15, 0.2) is 0 Å². The van der Waals surface area contributed by atoms with Crippen molar-refractivity contribution in [3.63, 3.8) is 0 Å². The zero-order chi connectivity index (χ0) is 26.3. The first-order valence-corrected chi connectivity index (χ1v) is 12.0. The van der Waals surface area contributed by atoms with Crippen LogP contribution in [0, 0.1) is 0 Å². The highest BCUT2D eigenvalue weighted by atomic mass is 16.5. The Bertz CT molecular complexity index is 1510. The van der Waals surface area contributed by atoms with E-state index >= 15 is 0 Å². The van der Waals surface area contributed by atoms with Crippen LogP contribution in [-0.4, -0.2) is 37.4 Å². The van der Waals surface area contributed by atoms with Crippen LogP contribution >= 0.6 is 0 Å². The van der Waals surface area contributed by atoms with Crippen LogP contribution in [0.25, 0.3) is 16.7 Å². The molecule has 3 aromatic carbocycles. The molecule has 1 saturated heterocycles. The second-order valence-electron chi connectivity index (χ2n) is 10.1. The highest BCUT2D eigenvalue weighted by Gasteiger charge is 2.46. The lowest BCUT2D eigenvalue weighted by Crippen LogP contribution is -2.29. The number of aliphatic hydroxyl groups is 1. The number of para-hydroxylation sites is 1. The summed E-state index contributed by atoms with van der Waals surface area (Å²) in [6, 6.07) is 20.3. The third-order valence-electron chi connectivity index (χ3n) is 6.29. The molecule has 0 aliphatic carbocycles. The number of aromatic nitrogens is 1. The van der Waals surface area contributed by atoms with Gasteiger partial charge in [0.05, 0.1) is 11.6 Å². The van der Waals surface area contributed by atoms with E-state index in [2.05, 4.69) is 4.98 Å². The van der Waals surface area contributed by atoms with Crippen LogP contribution in [0.4, 0.5) is 0 Å². The molecule has 1 fully saturated rings. The number of phenols is 1. The van der Waals surface area contributed by atoms with Gasteiger partial charge >= 0.3 is 0 Å². The first-order valence-electron chi connectivity index (χ1n) is 12.0. The highest BCUT2D eigenvalue weighted by molar-refractivity contribution is 6.46. The summed E-state index contributed by atoms with van der Waals surface area (Å²) in [5.41, 5.74) is 2.32. The van der Waals surface area contributed by atoms with E-state index in [0.29, 0.717) is 16.9 Å². The fraction of sp³-hybridized carbons (Fsp3) is 0.200. The maximum absolute atomic E-state index is 13.4. The van der Waals surface area contributed by atoms with Crippen molar-refractivity contribution in [3.05, 3.63) is 101 Å². The van der Waals surface area contributed by atoms with Gasteiger partial charge in [-0.25, -0.2) is 0 Å². The quantitative estimate of drug-likeness (QED) is 0.188. The lowest BCUT2D eigenvalue weighted by atomic mass is 9.95. The number of aromatic hydroxyl groups is 1. The number of carbonyl (C=O) groups excluding carboxylic acids is 2.